The van der Waals surface area contributed by atoms with Crippen LogP contribution in [0.3, 0.4) is 0 Å². The number of fused-ring (bicyclic) bond motifs is 2. The Morgan fingerprint density at radius 1 is 1.35 bits per heavy atom. The van der Waals surface area contributed by atoms with Gasteiger partial charge in [-0.15, -0.1) is 0 Å². The first kappa shape index (κ1) is 18.1. The van der Waals surface area contributed by atoms with E-state index in [1.165, 1.54) is 5.57 Å². The van der Waals surface area contributed by atoms with Crippen molar-refractivity contribution in [2.75, 3.05) is 6.61 Å². The quantitative estimate of drug-likeness (QED) is 0.441. The SMILES string of the molecule is CC(=O)C(OC(=O)COC1CC2=CC(C)CC(C2)C1)S(=O)(=O)O. The summed E-state index contributed by atoms with van der Waals surface area (Å²) >= 11 is 0. The highest BCUT2D eigenvalue weighted by atomic mass is 32.2. The summed E-state index contributed by atoms with van der Waals surface area (Å²) in [6.07, 6.45) is 5.91. The normalized spacial score (nSPS) is 28.7. The van der Waals surface area contributed by atoms with Gasteiger partial charge in [-0.05, 0) is 44.4 Å². The molecule has 0 heterocycles. The van der Waals surface area contributed by atoms with Crippen LogP contribution in [0.2, 0.25) is 0 Å². The number of hydrogen-bond donors (Lipinski definition) is 1. The van der Waals surface area contributed by atoms with E-state index in [2.05, 4.69) is 17.7 Å². The van der Waals surface area contributed by atoms with Gasteiger partial charge in [0.1, 0.15) is 6.61 Å². The minimum Gasteiger partial charge on any atom is -0.433 e. The third-order valence-corrected chi connectivity index (χ3v) is 5.11. The van der Waals surface area contributed by atoms with E-state index in [4.69, 9.17) is 9.29 Å². The second-order valence-electron chi connectivity index (χ2n) is 6.43. The van der Waals surface area contributed by atoms with E-state index in [9.17, 15) is 18.0 Å². The molecule has 0 aromatic heterocycles. The molecular weight excluding hydrogens is 324 g/mol. The minimum absolute atomic E-state index is 0.110. The van der Waals surface area contributed by atoms with Gasteiger partial charge in [0.2, 0.25) is 0 Å². The largest absolute Gasteiger partial charge is 0.433 e. The maximum atomic E-state index is 11.7. The summed E-state index contributed by atoms with van der Waals surface area (Å²) in [5, 5.41) is 0. The Morgan fingerprint density at radius 3 is 2.61 bits per heavy atom. The van der Waals surface area contributed by atoms with Gasteiger partial charge in [-0.2, -0.15) is 8.42 Å². The summed E-state index contributed by atoms with van der Waals surface area (Å²) in [5.41, 5.74) is -0.856. The summed E-state index contributed by atoms with van der Waals surface area (Å²) in [6.45, 7) is 2.66. The third kappa shape index (κ3) is 5.12. The molecule has 7 nitrogen and oxygen atoms in total. The van der Waals surface area contributed by atoms with Crippen LogP contribution in [0.25, 0.3) is 0 Å². The number of rotatable bonds is 6. The van der Waals surface area contributed by atoms with Crippen molar-refractivity contribution in [3.05, 3.63) is 11.6 Å². The molecule has 130 valence electrons. The van der Waals surface area contributed by atoms with Crippen LogP contribution >= 0.6 is 0 Å². The summed E-state index contributed by atoms with van der Waals surface area (Å²) in [7, 11) is -4.78. The number of Topliss-reactive ketones (excluding diaryl/α,β-unsaturated/α-hetero) is 1. The average molecular weight is 346 g/mol. The predicted molar refractivity (Wildman–Crippen MR) is 81.1 cm³/mol. The van der Waals surface area contributed by atoms with Crippen LogP contribution in [0, 0.1) is 11.8 Å². The van der Waals surface area contributed by atoms with Crippen LogP contribution in [0.1, 0.15) is 39.5 Å². The zero-order valence-electron chi connectivity index (χ0n) is 13.2. The zero-order chi connectivity index (χ0) is 17.2. The fourth-order valence-corrected chi connectivity index (χ4v) is 4.07. The molecule has 0 radical (unpaired) electrons. The van der Waals surface area contributed by atoms with Crippen LogP contribution in [-0.4, -0.2) is 42.9 Å². The van der Waals surface area contributed by atoms with Gasteiger partial charge in [0, 0.05) is 0 Å². The molecule has 1 saturated carbocycles. The highest BCUT2D eigenvalue weighted by Gasteiger charge is 2.33. The standard InChI is InChI=1S/C15H22O7S/c1-9-3-11-5-12(4-9)7-13(6-11)21-8-14(17)22-15(10(2)16)23(18,19)20/h3,9,12-13,15H,4-8H2,1-2H3,(H,18,19,20). The minimum atomic E-state index is -4.78. The van der Waals surface area contributed by atoms with Gasteiger partial charge in [-0.3, -0.25) is 9.35 Å². The van der Waals surface area contributed by atoms with E-state index in [1.54, 1.807) is 0 Å². The molecule has 2 aliphatic rings. The molecule has 0 saturated heterocycles. The van der Waals surface area contributed by atoms with Crippen molar-refractivity contribution in [2.45, 2.75) is 51.1 Å². The van der Waals surface area contributed by atoms with Crippen molar-refractivity contribution in [1.82, 2.24) is 0 Å². The molecule has 8 heteroatoms. The fraction of sp³-hybridized carbons (Fsp3) is 0.733. The molecule has 4 unspecified atom stereocenters. The van der Waals surface area contributed by atoms with Crippen LogP contribution in [0.15, 0.2) is 11.6 Å². The Hall–Kier alpha value is -1.25. The average Bonchev–Trinajstić information content (AvgIpc) is 2.39. The molecule has 2 aliphatic carbocycles. The predicted octanol–water partition coefficient (Wildman–Crippen LogP) is 1.48. The van der Waals surface area contributed by atoms with Crippen molar-refractivity contribution < 1.29 is 32.0 Å². The molecule has 4 atom stereocenters. The summed E-state index contributed by atoms with van der Waals surface area (Å²) in [6, 6.07) is 0. The lowest BCUT2D eigenvalue weighted by molar-refractivity contribution is -0.157. The number of esters is 1. The monoisotopic (exact) mass is 346 g/mol. The molecule has 1 N–H and O–H groups in total. The summed E-state index contributed by atoms with van der Waals surface area (Å²) in [5.74, 6) is -0.837. The molecule has 0 aliphatic heterocycles. The van der Waals surface area contributed by atoms with Gasteiger partial charge in [0.25, 0.3) is 5.44 Å². The Bertz CT molecular complexity index is 607. The highest BCUT2D eigenvalue weighted by molar-refractivity contribution is 7.87. The van der Waals surface area contributed by atoms with Crippen LogP contribution in [-0.2, 0) is 29.2 Å². The molecular formula is C15H22O7S. The second-order valence-corrected chi connectivity index (χ2v) is 7.89. The number of allylic oxidation sites excluding steroid dienone is 1. The van der Waals surface area contributed by atoms with Gasteiger partial charge in [-0.25, -0.2) is 4.79 Å². The van der Waals surface area contributed by atoms with E-state index < -0.39 is 33.9 Å². The van der Waals surface area contributed by atoms with E-state index in [0.717, 1.165) is 32.6 Å². The topological polar surface area (TPSA) is 107 Å². The first-order chi connectivity index (χ1) is 10.6. The van der Waals surface area contributed by atoms with E-state index in [-0.39, 0.29) is 6.10 Å². The van der Waals surface area contributed by atoms with Crippen molar-refractivity contribution in [3.63, 3.8) is 0 Å². The lowest BCUT2D eigenvalue weighted by atomic mass is 9.74. The van der Waals surface area contributed by atoms with Crippen LogP contribution < -0.4 is 0 Å². The Labute approximate surface area is 135 Å². The van der Waals surface area contributed by atoms with Gasteiger partial charge in [-0.1, -0.05) is 18.6 Å². The Morgan fingerprint density at radius 2 is 2.04 bits per heavy atom. The van der Waals surface area contributed by atoms with Crippen LogP contribution in [0.5, 0.6) is 0 Å². The van der Waals surface area contributed by atoms with Gasteiger partial charge >= 0.3 is 16.1 Å². The van der Waals surface area contributed by atoms with Crippen LogP contribution in [0.4, 0.5) is 0 Å². The van der Waals surface area contributed by atoms with E-state index in [0.29, 0.717) is 11.8 Å². The molecule has 0 amide bonds. The number of carbonyl (C=O) groups excluding carboxylic acids is 2. The summed E-state index contributed by atoms with van der Waals surface area (Å²) in [4.78, 5) is 22.8. The lowest BCUT2D eigenvalue weighted by Crippen LogP contribution is -2.35. The number of ketones is 1. The van der Waals surface area contributed by atoms with Crippen molar-refractivity contribution in [2.24, 2.45) is 11.8 Å². The molecule has 1 fully saturated rings. The number of hydrogen-bond acceptors (Lipinski definition) is 6. The van der Waals surface area contributed by atoms with Gasteiger partial charge in [0.15, 0.2) is 5.78 Å². The molecule has 0 aromatic rings. The van der Waals surface area contributed by atoms with Crippen molar-refractivity contribution in [1.29, 1.82) is 0 Å². The third-order valence-electron chi connectivity index (χ3n) is 4.14. The molecule has 0 spiro atoms. The fourth-order valence-electron chi connectivity index (χ4n) is 3.42. The maximum absolute atomic E-state index is 11.7. The van der Waals surface area contributed by atoms with Gasteiger partial charge < -0.3 is 9.47 Å². The van der Waals surface area contributed by atoms with E-state index >= 15 is 0 Å². The molecule has 23 heavy (non-hydrogen) atoms. The second kappa shape index (κ2) is 7.11. The van der Waals surface area contributed by atoms with E-state index in [1.807, 2.05) is 0 Å². The van der Waals surface area contributed by atoms with Crippen molar-refractivity contribution in [3.8, 4) is 0 Å². The number of carbonyl (C=O) groups is 2. The maximum Gasteiger partial charge on any atom is 0.333 e. The highest BCUT2D eigenvalue weighted by Crippen LogP contribution is 2.39. The smallest absolute Gasteiger partial charge is 0.333 e. The lowest BCUT2D eigenvalue weighted by Gasteiger charge is -2.36. The van der Waals surface area contributed by atoms with Crippen molar-refractivity contribution >= 4 is 21.9 Å². The molecule has 0 aromatic carbocycles. The summed E-state index contributed by atoms with van der Waals surface area (Å²) < 4.78 is 40.9. The Balaban J connectivity index is 1.85. The van der Waals surface area contributed by atoms with Gasteiger partial charge in [0.05, 0.1) is 6.10 Å². The molecule has 2 rings (SSSR count). The first-order valence-corrected chi connectivity index (χ1v) is 9.13. The molecule has 2 bridgehead atoms. The first-order valence-electron chi connectivity index (χ1n) is 7.62. The Kier molecular flexibility index (Phi) is 5.59. The number of ether oxygens (including phenoxy) is 2. The zero-order valence-corrected chi connectivity index (χ0v) is 14.0.